The topological polar surface area (TPSA) is 69.9 Å². The zero-order valence-electron chi connectivity index (χ0n) is 10.7. The van der Waals surface area contributed by atoms with Crippen LogP contribution in [-0.4, -0.2) is 38.4 Å². The van der Waals surface area contributed by atoms with Crippen molar-refractivity contribution < 1.29 is 9.53 Å². The molecule has 0 fully saturated rings. The normalized spacial score (nSPS) is 10.4. The Bertz CT molecular complexity index is 570. The summed E-state index contributed by atoms with van der Waals surface area (Å²) in [6, 6.07) is 7.24. The van der Waals surface area contributed by atoms with Crippen molar-refractivity contribution in [1.29, 1.82) is 0 Å². The number of tetrazole rings is 1. The number of aryl methyl sites for hydroxylation is 1. The van der Waals surface area contributed by atoms with Crippen molar-refractivity contribution in [3.8, 4) is 5.75 Å². The van der Waals surface area contributed by atoms with E-state index in [4.69, 9.17) is 4.74 Å². The lowest BCUT2D eigenvalue weighted by Gasteiger charge is -2.08. The van der Waals surface area contributed by atoms with Gasteiger partial charge in [-0.1, -0.05) is 23.9 Å². The Morgan fingerprint density at radius 2 is 2.21 bits per heavy atom. The van der Waals surface area contributed by atoms with Crippen molar-refractivity contribution in [2.75, 3.05) is 12.4 Å². The zero-order valence-corrected chi connectivity index (χ0v) is 11.6. The molecule has 2 aromatic rings. The molecule has 0 spiro atoms. The molecule has 6 nitrogen and oxygen atoms in total. The highest BCUT2D eigenvalue weighted by molar-refractivity contribution is 7.99. The van der Waals surface area contributed by atoms with Crippen molar-refractivity contribution in [3.63, 3.8) is 0 Å². The number of ether oxygens (including phenoxy) is 1. The molecule has 0 N–H and O–H groups in total. The quantitative estimate of drug-likeness (QED) is 0.590. The molecule has 1 aromatic carbocycles. The minimum atomic E-state index is -0.00273. The van der Waals surface area contributed by atoms with E-state index in [2.05, 4.69) is 15.5 Å². The van der Waals surface area contributed by atoms with Gasteiger partial charge in [0.2, 0.25) is 5.16 Å². The summed E-state index contributed by atoms with van der Waals surface area (Å²) >= 11 is 1.31. The third-order valence-electron chi connectivity index (χ3n) is 2.40. The van der Waals surface area contributed by atoms with Gasteiger partial charge in [0.25, 0.3) is 0 Å². The molecule has 0 bridgehead atoms. The van der Waals surface area contributed by atoms with Crippen LogP contribution in [0, 0.1) is 0 Å². The Hall–Kier alpha value is -1.89. The van der Waals surface area contributed by atoms with Gasteiger partial charge in [-0.2, -0.15) is 0 Å². The molecule has 19 heavy (non-hydrogen) atoms. The molecule has 0 saturated carbocycles. The van der Waals surface area contributed by atoms with Crippen LogP contribution in [-0.2, 0) is 7.05 Å². The molecule has 1 aromatic heterocycles. The second-order valence-electron chi connectivity index (χ2n) is 3.73. The summed E-state index contributed by atoms with van der Waals surface area (Å²) in [4.78, 5) is 12.2. The number of carbonyl (C=O) groups is 1. The number of aromatic nitrogens is 4. The van der Waals surface area contributed by atoms with Crippen LogP contribution in [0.1, 0.15) is 17.3 Å². The number of benzene rings is 1. The maximum atomic E-state index is 12.2. The first kappa shape index (κ1) is 13.5. The highest BCUT2D eigenvalue weighted by Gasteiger charge is 2.14. The van der Waals surface area contributed by atoms with Crippen molar-refractivity contribution in [1.82, 2.24) is 20.2 Å². The number of rotatable bonds is 6. The highest BCUT2D eigenvalue weighted by Crippen LogP contribution is 2.21. The second-order valence-corrected chi connectivity index (χ2v) is 4.67. The third kappa shape index (κ3) is 3.31. The minimum absolute atomic E-state index is 0.00273. The van der Waals surface area contributed by atoms with Crippen molar-refractivity contribution >= 4 is 17.5 Å². The van der Waals surface area contributed by atoms with Crippen LogP contribution in [0.5, 0.6) is 5.75 Å². The zero-order chi connectivity index (χ0) is 13.7. The molecule has 0 unspecified atom stereocenters. The Balaban J connectivity index is 2.06. The van der Waals surface area contributed by atoms with E-state index in [1.165, 1.54) is 16.4 Å². The van der Waals surface area contributed by atoms with Crippen LogP contribution in [0.25, 0.3) is 0 Å². The molecule has 0 aliphatic rings. The first-order valence-corrected chi connectivity index (χ1v) is 6.81. The number of hydrogen-bond acceptors (Lipinski definition) is 6. The van der Waals surface area contributed by atoms with Crippen LogP contribution < -0.4 is 4.74 Å². The fraction of sp³-hybridized carbons (Fsp3) is 0.333. The van der Waals surface area contributed by atoms with Gasteiger partial charge in [-0.3, -0.25) is 4.79 Å². The van der Waals surface area contributed by atoms with Crippen LogP contribution in [0.4, 0.5) is 0 Å². The molecule has 2 rings (SSSR count). The van der Waals surface area contributed by atoms with Crippen LogP contribution in [0.2, 0.25) is 0 Å². The van der Waals surface area contributed by atoms with Crippen molar-refractivity contribution in [3.05, 3.63) is 29.8 Å². The van der Waals surface area contributed by atoms with Crippen LogP contribution in [0.15, 0.2) is 29.4 Å². The molecule has 100 valence electrons. The monoisotopic (exact) mass is 278 g/mol. The number of Topliss-reactive ketones (excluding diaryl/α,β-unsaturated/α-hetero) is 1. The first-order chi connectivity index (χ1) is 9.22. The van der Waals surface area contributed by atoms with E-state index in [0.29, 0.717) is 23.1 Å². The average molecular weight is 278 g/mol. The fourth-order valence-corrected chi connectivity index (χ4v) is 2.26. The second kappa shape index (κ2) is 6.33. The summed E-state index contributed by atoms with van der Waals surface area (Å²) in [5, 5.41) is 11.7. The summed E-state index contributed by atoms with van der Waals surface area (Å²) in [6.07, 6.45) is 0. The molecular weight excluding hydrogens is 264 g/mol. The number of hydrogen-bond donors (Lipinski definition) is 0. The summed E-state index contributed by atoms with van der Waals surface area (Å²) in [5.41, 5.74) is 0.590. The Kier molecular flexibility index (Phi) is 4.51. The van der Waals surface area contributed by atoms with E-state index >= 15 is 0 Å². The van der Waals surface area contributed by atoms with Gasteiger partial charge in [0.1, 0.15) is 5.75 Å². The van der Waals surface area contributed by atoms with Crippen molar-refractivity contribution in [2.24, 2.45) is 7.05 Å². The van der Waals surface area contributed by atoms with E-state index in [1.54, 1.807) is 19.2 Å². The SMILES string of the molecule is CCOc1ccccc1C(=O)CSc1nnnn1C. The lowest BCUT2D eigenvalue weighted by Crippen LogP contribution is -2.07. The number of ketones is 1. The third-order valence-corrected chi connectivity index (χ3v) is 3.41. The maximum absolute atomic E-state index is 12.2. The number of nitrogens with zero attached hydrogens (tertiary/aromatic N) is 4. The Labute approximate surface area is 115 Å². The van der Waals surface area contributed by atoms with E-state index in [9.17, 15) is 4.79 Å². The van der Waals surface area contributed by atoms with E-state index < -0.39 is 0 Å². The predicted octanol–water partition coefficient (Wildman–Crippen LogP) is 1.58. The molecule has 0 aliphatic heterocycles. The summed E-state index contributed by atoms with van der Waals surface area (Å²) in [5.74, 6) is 0.891. The smallest absolute Gasteiger partial charge is 0.209 e. The van der Waals surface area contributed by atoms with Gasteiger partial charge in [-0.25, -0.2) is 4.68 Å². The van der Waals surface area contributed by atoms with E-state index in [1.807, 2.05) is 19.1 Å². The molecule has 0 saturated heterocycles. The van der Waals surface area contributed by atoms with Gasteiger partial charge in [0, 0.05) is 7.05 Å². The number of thioether (sulfide) groups is 1. The van der Waals surface area contributed by atoms with Gasteiger partial charge in [0.05, 0.1) is 17.9 Å². The largest absolute Gasteiger partial charge is 0.493 e. The summed E-state index contributed by atoms with van der Waals surface area (Å²) in [7, 11) is 1.74. The van der Waals surface area contributed by atoms with Gasteiger partial charge >= 0.3 is 0 Å². The van der Waals surface area contributed by atoms with E-state index in [0.717, 1.165) is 0 Å². The maximum Gasteiger partial charge on any atom is 0.209 e. The fourth-order valence-electron chi connectivity index (χ4n) is 1.53. The van der Waals surface area contributed by atoms with E-state index in [-0.39, 0.29) is 11.5 Å². The molecule has 7 heteroatoms. The van der Waals surface area contributed by atoms with Crippen molar-refractivity contribution in [2.45, 2.75) is 12.1 Å². The number of para-hydroxylation sites is 1. The lowest BCUT2D eigenvalue weighted by atomic mass is 10.1. The minimum Gasteiger partial charge on any atom is -0.493 e. The number of carbonyl (C=O) groups excluding carboxylic acids is 1. The average Bonchev–Trinajstić information content (AvgIpc) is 2.82. The molecule has 0 aliphatic carbocycles. The molecule has 0 amide bonds. The lowest BCUT2D eigenvalue weighted by molar-refractivity contribution is 0.101. The van der Waals surface area contributed by atoms with Gasteiger partial charge < -0.3 is 4.74 Å². The Morgan fingerprint density at radius 1 is 1.42 bits per heavy atom. The summed E-state index contributed by atoms with van der Waals surface area (Å²) < 4.78 is 6.98. The van der Waals surface area contributed by atoms with Crippen LogP contribution >= 0.6 is 11.8 Å². The first-order valence-electron chi connectivity index (χ1n) is 5.82. The summed E-state index contributed by atoms with van der Waals surface area (Å²) in [6.45, 7) is 2.42. The standard InChI is InChI=1S/C12H14N4O2S/c1-3-18-11-7-5-4-6-9(11)10(17)8-19-12-13-14-15-16(12)2/h4-7H,3,8H2,1-2H3. The molecular formula is C12H14N4O2S. The molecule has 0 atom stereocenters. The van der Waals surface area contributed by atoms with Gasteiger partial charge in [-0.15, -0.1) is 5.10 Å². The van der Waals surface area contributed by atoms with Crippen LogP contribution in [0.3, 0.4) is 0 Å². The molecule has 1 heterocycles. The van der Waals surface area contributed by atoms with Gasteiger partial charge in [0.15, 0.2) is 5.78 Å². The Morgan fingerprint density at radius 3 is 2.89 bits per heavy atom. The molecule has 0 radical (unpaired) electrons. The van der Waals surface area contributed by atoms with Gasteiger partial charge in [-0.05, 0) is 29.5 Å². The highest BCUT2D eigenvalue weighted by atomic mass is 32.2. The predicted molar refractivity (Wildman–Crippen MR) is 71.5 cm³/mol.